The molecule has 0 aromatic carbocycles. The normalized spacial score (nSPS) is 28.4. The van der Waals surface area contributed by atoms with E-state index in [9.17, 15) is 0 Å². The third-order valence-corrected chi connectivity index (χ3v) is 7.53. The SMILES string of the molecule is CC(C)(C)[C@H]1N=C(CC2=N[C@H](C(C)(C)C)C3(CCCCC3)O2)OC12CCCCC2.[Br-].[Br-].[Ni+2]. The van der Waals surface area contributed by atoms with E-state index in [4.69, 9.17) is 19.5 Å². The molecular weight excluding hydrogens is 579 g/mol. The molecule has 2 aliphatic carbocycles. The monoisotopic (exact) mass is 618 g/mol. The Bertz CT molecular complexity index is 627. The Kier molecular flexibility index (Phi) is 10.4. The molecule has 2 fully saturated rings. The third-order valence-electron chi connectivity index (χ3n) is 7.53. The van der Waals surface area contributed by atoms with Crippen molar-refractivity contribution in [2.75, 3.05) is 0 Å². The van der Waals surface area contributed by atoms with E-state index in [0.29, 0.717) is 6.42 Å². The predicted octanol–water partition coefficient (Wildman–Crippen LogP) is 0.475. The fourth-order valence-corrected chi connectivity index (χ4v) is 6.47. The van der Waals surface area contributed by atoms with Crippen molar-refractivity contribution in [3.05, 3.63) is 0 Å². The number of hydrogen-bond donors (Lipinski definition) is 0. The topological polar surface area (TPSA) is 43.2 Å². The largest absolute Gasteiger partial charge is 2.00 e. The van der Waals surface area contributed by atoms with Crippen LogP contribution in [0.25, 0.3) is 0 Å². The van der Waals surface area contributed by atoms with Crippen molar-refractivity contribution in [2.24, 2.45) is 20.8 Å². The van der Waals surface area contributed by atoms with Crippen molar-refractivity contribution in [3.63, 3.8) is 0 Å². The summed E-state index contributed by atoms with van der Waals surface area (Å²) in [6.07, 6.45) is 12.8. The van der Waals surface area contributed by atoms with E-state index in [0.717, 1.165) is 37.5 Å². The second kappa shape index (κ2) is 11.0. The van der Waals surface area contributed by atoms with Gasteiger partial charge < -0.3 is 43.4 Å². The summed E-state index contributed by atoms with van der Waals surface area (Å²) >= 11 is 0. The summed E-state index contributed by atoms with van der Waals surface area (Å²) in [6, 6.07) is 0.462. The molecule has 0 aromatic rings. The summed E-state index contributed by atoms with van der Waals surface area (Å²) in [6.45, 7) is 13.8. The van der Waals surface area contributed by atoms with E-state index < -0.39 is 0 Å². The standard InChI is InChI=1S/C25H42N2O2.2BrH.Ni/c1-22(2,3)20-24(13-9-7-10-14-24)28-18(26-20)17-19-27-21(23(4,5)6)25(29-19)15-11-8-12-16-25;;;/h20-21H,7-17H2,1-6H3;2*1H;/q;;;+2/p-2/t20-,21-;;;/m1.../s1. The molecule has 2 heterocycles. The molecular formula is C25H42Br2N2NiO2. The third kappa shape index (κ3) is 5.96. The van der Waals surface area contributed by atoms with Crippen molar-refractivity contribution in [1.82, 2.24) is 0 Å². The molecule has 2 aliphatic heterocycles. The number of aliphatic imine (C=N–C) groups is 2. The molecule has 0 amide bonds. The first-order valence-corrected chi connectivity index (χ1v) is 12.1. The summed E-state index contributed by atoms with van der Waals surface area (Å²) in [5.74, 6) is 1.73. The van der Waals surface area contributed by atoms with E-state index in [1.807, 2.05) is 0 Å². The van der Waals surface area contributed by atoms with Gasteiger partial charge in [-0.25, -0.2) is 9.98 Å². The zero-order valence-corrected chi connectivity index (χ0v) is 24.9. The van der Waals surface area contributed by atoms with Crippen LogP contribution in [-0.4, -0.2) is 35.1 Å². The molecule has 2 spiro atoms. The second-order valence-electron chi connectivity index (χ2n) is 12.2. The zero-order chi connectivity index (χ0) is 20.9. The van der Waals surface area contributed by atoms with Gasteiger partial charge in [0.05, 0.1) is 18.5 Å². The molecule has 2 saturated carbocycles. The van der Waals surface area contributed by atoms with Gasteiger partial charge >= 0.3 is 16.5 Å². The average molecular weight is 621 g/mol. The minimum Gasteiger partial charge on any atom is -1.00 e. The van der Waals surface area contributed by atoms with Crippen LogP contribution in [0.3, 0.4) is 0 Å². The van der Waals surface area contributed by atoms with Crippen LogP contribution in [0.5, 0.6) is 0 Å². The Balaban J connectivity index is 0.00000171. The fraction of sp³-hybridized carbons (Fsp3) is 0.920. The molecule has 0 saturated heterocycles. The zero-order valence-electron chi connectivity index (χ0n) is 20.7. The van der Waals surface area contributed by atoms with Crippen LogP contribution in [0.1, 0.15) is 112 Å². The molecule has 7 heteroatoms. The average Bonchev–Trinajstić information content (AvgIpc) is 3.15. The quantitative estimate of drug-likeness (QED) is 0.422. The van der Waals surface area contributed by atoms with Crippen LogP contribution in [-0.2, 0) is 26.0 Å². The van der Waals surface area contributed by atoms with Gasteiger partial charge in [0.2, 0.25) is 0 Å². The summed E-state index contributed by atoms with van der Waals surface area (Å²) < 4.78 is 13.4. The number of nitrogens with zero attached hydrogens (tertiary/aromatic N) is 2. The van der Waals surface area contributed by atoms with Gasteiger partial charge in [-0.3, -0.25) is 0 Å². The summed E-state index contributed by atoms with van der Waals surface area (Å²) in [5.41, 5.74) is 0.0137. The van der Waals surface area contributed by atoms with Crippen LogP contribution < -0.4 is 34.0 Å². The predicted molar refractivity (Wildman–Crippen MR) is 120 cm³/mol. The maximum Gasteiger partial charge on any atom is 2.00 e. The fourth-order valence-electron chi connectivity index (χ4n) is 6.47. The van der Waals surface area contributed by atoms with Crippen molar-refractivity contribution < 1.29 is 59.9 Å². The van der Waals surface area contributed by atoms with Crippen molar-refractivity contribution in [1.29, 1.82) is 0 Å². The van der Waals surface area contributed by atoms with Gasteiger partial charge in [-0.1, -0.05) is 54.4 Å². The first kappa shape index (κ1) is 30.4. The summed E-state index contributed by atoms with van der Waals surface area (Å²) in [7, 11) is 0. The van der Waals surface area contributed by atoms with Gasteiger partial charge in [0.15, 0.2) is 11.8 Å². The molecule has 4 aliphatic rings. The van der Waals surface area contributed by atoms with Crippen LogP contribution >= 0.6 is 0 Å². The smallest absolute Gasteiger partial charge is 1.00 e. The Labute approximate surface area is 227 Å². The number of ether oxygens (including phenoxy) is 2. The van der Waals surface area contributed by atoms with Crippen molar-refractivity contribution in [3.8, 4) is 0 Å². The Morgan fingerprint density at radius 2 is 0.969 bits per heavy atom. The second-order valence-corrected chi connectivity index (χ2v) is 12.2. The maximum absolute atomic E-state index is 6.68. The summed E-state index contributed by atoms with van der Waals surface area (Å²) in [4.78, 5) is 10.3. The molecule has 0 aromatic heterocycles. The van der Waals surface area contributed by atoms with E-state index in [2.05, 4.69) is 41.5 Å². The van der Waals surface area contributed by atoms with Gasteiger partial charge in [-0.2, -0.15) is 0 Å². The van der Waals surface area contributed by atoms with E-state index in [1.54, 1.807) is 0 Å². The molecule has 4 nitrogen and oxygen atoms in total. The minimum atomic E-state index is -0.100. The molecule has 0 bridgehead atoms. The first-order valence-electron chi connectivity index (χ1n) is 12.1. The van der Waals surface area contributed by atoms with Gasteiger partial charge in [-0.05, 0) is 62.2 Å². The summed E-state index contributed by atoms with van der Waals surface area (Å²) in [5, 5.41) is 0. The molecule has 0 radical (unpaired) electrons. The van der Waals surface area contributed by atoms with E-state index >= 15 is 0 Å². The van der Waals surface area contributed by atoms with Crippen molar-refractivity contribution in [2.45, 2.75) is 135 Å². The van der Waals surface area contributed by atoms with Gasteiger partial charge in [-0.15, -0.1) is 0 Å². The Morgan fingerprint density at radius 1 is 0.656 bits per heavy atom. The number of hydrogen-bond acceptors (Lipinski definition) is 4. The van der Waals surface area contributed by atoms with Gasteiger partial charge in [0.1, 0.15) is 11.2 Å². The molecule has 4 rings (SSSR count). The molecule has 0 N–H and O–H groups in total. The van der Waals surface area contributed by atoms with Crippen molar-refractivity contribution >= 4 is 11.8 Å². The molecule has 32 heavy (non-hydrogen) atoms. The van der Waals surface area contributed by atoms with Gasteiger partial charge in [0.25, 0.3) is 0 Å². The van der Waals surface area contributed by atoms with E-state index in [-0.39, 0.29) is 84.6 Å². The van der Waals surface area contributed by atoms with Crippen LogP contribution in [0.15, 0.2) is 9.98 Å². The molecule has 2 atom stereocenters. The van der Waals surface area contributed by atoms with Crippen LogP contribution in [0.4, 0.5) is 0 Å². The maximum atomic E-state index is 6.68. The van der Waals surface area contributed by atoms with E-state index in [1.165, 1.54) is 38.5 Å². The Morgan fingerprint density at radius 3 is 1.25 bits per heavy atom. The Hall–Kier alpha value is 0.394. The number of rotatable bonds is 2. The van der Waals surface area contributed by atoms with Crippen LogP contribution in [0, 0.1) is 10.8 Å². The molecule has 0 unspecified atom stereocenters. The van der Waals surface area contributed by atoms with Crippen LogP contribution in [0.2, 0.25) is 0 Å². The number of halogens is 2. The van der Waals surface area contributed by atoms with Gasteiger partial charge in [0, 0.05) is 0 Å². The first-order chi connectivity index (χ1) is 13.5. The minimum absolute atomic E-state index is 0. The molecule has 188 valence electrons.